The molecule has 0 fully saturated rings. The van der Waals surface area contributed by atoms with Crippen molar-refractivity contribution >= 4 is 29.4 Å². The van der Waals surface area contributed by atoms with Gasteiger partial charge in [0.25, 0.3) is 0 Å². The van der Waals surface area contributed by atoms with E-state index < -0.39 is 5.92 Å². The topological polar surface area (TPSA) is 86.2 Å². The molecule has 0 radical (unpaired) electrons. The minimum Gasteiger partial charge on any atom is -0.372 e. The molecular formula is C17H23N5O2. The van der Waals surface area contributed by atoms with E-state index in [2.05, 4.69) is 39.8 Å². The zero-order chi connectivity index (χ0) is 17.5. The van der Waals surface area contributed by atoms with Crippen molar-refractivity contribution in [3.63, 3.8) is 0 Å². The summed E-state index contributed by atoms with van der Waals surface area (Å²) >= 11 is 0. The maximum atomic E-state index is 11.8. The molecule has 0 saturated heterocycles. The summed E-state index contributed by atoms with van der Waals surface area (Å²) in [5.41, 5.74) is 7.46. The van der Waals surface area contributed by atoms with Gasteiger partial charge < -0.3 is 4.90 Å². The van der Waals surface area contributed by atoms with Crippen LogP contribution in [0.5, 0.6) is 0 Å². The van der Waals surface area contributed by atoms with Crippen molar-refractivity contribution in [2.75, 3.05) is 18.0 Å². The van der Waals surface area contributed by atoms with Crippen molar-refractivity contribution in [3.05, 3.63) is 29.8 Å². The highest BCUT2D eigenvalue weighted by atomic mass is 16.2. The van der Waals surface area contributed by atoms with Crippen molar-refractivity contribution in [1.82, 2.24) is 10.9 Å². The first-order valence-electron chi connectivity index (χ1n) is 8.06. The van der Waals surface area contributed by atoms with Crippen LogP contribution in [0.25, 0.3) is 0 Å². The van der Waals surface area contributed by atoms with E-state index in [1.807, 2.05) is 24.3 Å². The Morgan fingerprint density at radius 2 is 2.00 bits per heavy atom. The van der Waals surface area contributed by atoms with E-state index in [1.54, 1.807) is 13.1 Å². The van der Waals surface area contributed by atoms with Crippen LogP contribution in [0.3, 0.4) is 0 Å². The predicted molar refractivity (Wildman–Crippen MR) is 95.1 cm³/mol. The number of anilines is 1. The standard InChI is InChI=1S/C17H23N5O2/c1-4-22(5-2)14-8-6-13(7-9-14)11-18-20-16(23)10-15-12(3)19-21-17(15)24/h6-9,11,15H,4-5,10H2,1-3H3,(H,20,23)(H,21,24). The first kappa shape index (κ1) is 17.7. The second-order valence-corrected chi connectivity index (χ2v) is 5.54. The monoisotopic (exact) mass is 329 g/mol. The molecule has 128 valence electrons. The van der Waals surface area contributed by atoms with Crippen LogP contribution >= 0.6 is 0 Å². The fourth-order valence-corrected chi connectivity index (χ4v) is 2.50. The van der Waals surface area contributed by atoms with E-state index in [0.717, 1.165) is 24.3 Å². The second kappa shape index (κ2) is 8.24. The third-order valence-electron chi connectivity index (χ3n) is 3.98. The molecule has 0 aliphatic carbocycles. The Hall–Kier alpha value is -2.70. The zero-order valence-corrected chi connectivity index (χ0v) is 14.2. The van der Waals surface area contributed by atoms with E-state index >= 15 is 0 Å². The van der Waals surface area contributed by atoms with Crippen LogP contribution in [0.2, 0.25) is 0 Å². The van der Waals surface area contributed by atoms with Crippen molar-refractivity contribution < 1.29 is 9.59 Å². The minimum atomic E-state index is -0.506. The number of carbonyl (C=O) groups is 2. The summed E-state index contributed by atoms with van der Waals surface area (Å²) in [6.07, 6.45) is 1.62. The molecular weight excluding hydrogens is 306 g/mol. The van der Waals surface area contributed by atoms with Crippen LogP contribution in [0.15, 0.2) is 34.5 Å². The summed E-state index contributed by atoms with van der Waals surface area (Å²) in [5.74, 6) is -1.07. The van der Waals surface area contributed by atoms with E-state index in [1.165, 1.54) is 0 Å². The molecule has 1 aliphatic rings. The lowest BCUT2D eigenvalue weighted by atomic mass is 10.0. The molecule has 7 heteroatoms. The van der Waals surface area contributed by atoms with Crippen LogP contribution < -0.4 is 15.8 Å². The highest BCUT2D eigenvalue weighted by Crippen LogP contribution is 2.14. The van der Waals surface area contributed by atoms with Gasteiger partial charge in [0.2, 0.25) is 11.8 Å². The van der Waals surface area contributed by atoms with E-state index in [4.69, 9.17) is 0 Å². The Balaban J connectivity index is 1.86. The van der Waals surface area contributed by atoms with Gasteiger partial charge in [0.1, 0.15) is 0 Å². The number of amides is 2. The highest BCUT2D eigenvalue weighted by Gasteiger charge is 2.28. The van der Waals surface area contributed by atoms with E-state index in [9.17, 15) is 9.59 Å². The first-order valence-corrected chi connectivity index (χ1v) is 8.06. The molecule has 2 rings (SSSR count). The van der Waals surface area contributed by atoms with Gasteiger partial charge in [0, 0.05) is 30.9 Å². The second-order valence-electron chi connectivity index (χ2n) is 5.54. The predicted octanol–water partition coefficient (Wildman–Crippen LogP) is 1.49. The fraction of sp³-hybridized carbons (Fsp3) is 0.412. The zero-order valence-electron chi connectivity index (χ0n) is 14.2. The van der Waals surface area contributed by atoms with Crippen molar-refractivity contribution in [2.24, 2.45) is 16.1 Å². The van der Waals surface area contributed by atoms with Gasteiger partial charge in [-0.1, -0.05) is 12.1 Å². The van der Waals surface area contributed by atoms with Crippen molar-refractivity contribution in [3.8, 4) is 0 Å². The number of hydrogen-bond acceptors (Lipinski definition) is 5. The number of rotatable bonds is 7. The van der Waals surface area contributed by atoms with Crippen molar-refractivity contribution in [1.29, 1.82) is 0 Å². The largest absolute Gasteiger partial charge is 0.372 e. The van der Waals surface area contributed by atoms with E-state index in [-0.39, 0.29) is 18.2 Å². The molecule has 0 spiro atoms. The Morgan fingerprint density at radius 1 is 1.33 bits per heavy atom. The maximum Gasteiger partial charge on any atom is 0.249 e. The van der Waals surface area contributed by atoms with Crippen molar-refractivity contribution in [2.45, 2.75) is 27.2 Å². The van der Waals surface area contributed by atoms with Crippen LogP contribution in [0.1, 0.15) is 32.8 Å². The molecule has 1 aliphatic heterocycles. The van der Waals surface area contributed by atoms with Gasteiger partial charge in [-0.25, -0.2) is 10.9 Å². The van der Waals surface area contributed by atoms with Gasteiger partial charge in [-0.05, 0) is 38.5 Å². The molecule has 1 aromatic carbocycles. The number of nitrogens with one attached hydrogen (secondary N) is 2. The molecule has 1 heterocycles. The molecule has 0 aromatic heterocycles. The average Bonchev–Trinajstić information content (AvgIpc) is 2.89. The van der Waals surface area contributed by atoms with Gasteiger partial charge in [-0.3, -0.25) is 9.59 Å². The summed E-state index contributed by atoms with van der Waals surface area (Å²) in [6, 6.07) is 7.95. The Morgan fingerprint density at radius 3 is 2.54 bits per heavy atom. The summed E-state index contributed by atoms with van der Waals surface area (Å²) in [6.45, 7) is 7.86. The minimum absolute atomic E-state index is 0.0411. The normalized spacial score (nSPS) is 16.9. The molecule has 24 heavy (non-hydrogen) atoms. The number of benzene rings is 1. The summed E-state index contributed by atoms with van der Waals surface area (Å²) < 4.78 is 0. The number of hydrogen-bond donors (Lipinski definition) is 2. The summed E-state index contributed by atoms with van der Waals surface area (Å²) in [7, 11) is 0. The molecule has 1 aromatic rings. The molecule has 0 bridgehead atoms. The summed E-state index contributed by atoms with van der Waals surface area (Å²) in [4.78, 5) is 25.6. The lowest BCUT2D eigenvalue weighted by molar-refractivity contribution is -0.127. The lowest BCUT2D eigenvalue weighted by Gasteiger charge is -2.20. The number of nitrogens with zero attached hydrogens (tertiary/aromatic N) is 3. The highest BCUT2D eigenvalue weighted by molar-refractivity contribution is 6.09. The third kappa shape index (κ3) is 4.41. The van der Waals surface area contributed by atoms with Gasteiger partial charge in [-0.2, -0.15) is 10.2 Å². The Bertz CT molecular complexity index is 647. The Labute approximate surface area is 141 Å². The van der Waals surface area contributed by atoms with Crippen LogP contribution in [-0.4, -0.2) is 36.8 Å². The van der Waals surface area contributed by atoms with Crippen LogP contribution in [0, 0.1) is 5.92 Å². The van der Waals surface area contributed by atoms with Gasteiger partial charge in [0.15, 0.2) is 0 Å². The van der Waals surface area contributed by atoms with Crippen LogP contribution in [-0.2, 0) is 9.59 Å². The van der Waals surface area contributed by atoms with E-state index in [0.29, 0.717) is 5.71 Å². The number of hydrazone groups is 2. The van der Waals surface area contributed by atoms with Gasteiger partial charge >= 0.3 is 0 Å². The molecule has 1 atom stereocenters. The number of carbonyl (C=O) groups excluding carboxylic acids is 2. The van der Waals surface area contributed by atoms with Crippen LogP contribution in [0.4, 0.5) is 5.69 Å². The summed E-state index contributed by atoms with van der Waals surface area (Å²) in [5, 5.41) is 7.75. The molecule has 1 unspecified atom stereocenters. The average molecular weight is 329 g/mol. The first-order chi connectivity index (χ1) is 11.5. The molecule has 7 nitrogen and oxygen atoms in total. The van der Waals surface area contributed by atoms with Gasteiger partial charge in [0.05, 0.1) is 12.1 Å². The lowest BCUT2D eigenvalue weighted by Crippen LogP contribution is -2.29. The fourth-order valence-electron chi connectivity index (χ4n) is 2.50. The Kier molecular flexibility index (Phi) is 6.06. The quantitative estimate of drug-likeness (QED) is 0.587. The smallest absolute Gasteiger partial charge is 0.249 e. The van der Waals surface area contributed by atoms with Gasteiger partial charge in [-0.15, -0.1) is 0 Å². The molecule has 2 N–H and O–H groups in total. The molecule has 2 amide bonds. The third-order valence-corrected chi connectivity index (χ3v) is 3.98. The maximum absolute atomic E-state index is 11.8. The SMILES string of the molecule is CCN(CC)c1ccc(C=NNC(=O)CC2C(=O)NN=C2C)cc1. The molecule has 0 saturated carbocycles.